The number of carbonyl (C=O) groups excluding carboxylic acids is 2. The van der Waals surface area contributed by atoms with Crippen LogP contribution in [-0.4, -0.2) is 37.0 Å². The van der Waals surface area contributed by atoms with Gasteiger partial charge >= 0.3 is 5.97 Å². The summed E-state index contributed by atoms with van der Waals surface area (Å²) >= 11 is 0. The molecule has 0 aromatic heterocycles. The van der Waals surface area contributed by atoms with Gasteiger partial charge < -0.3 is 9.64 Å². The highest BCUT2D eigenvalue weighted by atomic mass is 19.1. The third kappa shape index (κ3) is 2.12. The average Bonchev–Trinajstić information content (AvgIpc) is 2.81. The third-order valence-electron chi connectivity index (χ3n) is 7.41. The second kappa shape index (κ2) is 5.54. The van der Waals surface area contributed by atoms with Crippen molar-refractivity contribution in [2.75, 3.05) is 20.2 Å². The molecule has 4 bridgehead atoms. The lowest BCUT2D eigenvalue weighted by Crippen LogP contribution is -2.62. The number of nitrogens with zero attached hydrogens (tertiary/aromatic N) is 1. The number of rotatable bonds is 3. The predicted octanol–water partition coefficient (Wildman–Crippen LogP) is 3.36. The largest absolute Gasteiger partial charge is 0.465 e. The molecule has 138 valence electrons. The number of piperidine rings is 1. The van der Waals surface area contributed by atoms with Gasteiger partial charge in [0.1, 0.15) is 5.82 Å². The van der Waals surface area contributed by atoms with E-state index in [9.17, 15) is 9.59 Å². The Morgan fingerprint density at radius 2 is 1.81 bits per heavy atom. The van der Waals surface area contributed by atoms with Crippen molar-refractivity contribution in [1.29, 1.82) is 0 Å². The van der Waals surface area contributed by atoms with Crippen LogP contribution in [0.2, 0.25) is 0 Å². The van der Waals surface area contributed by atoms with Crippen LogP contribution in [0.3, 0.4) is 0 Å². The number of benzene rings is 1. The molecule has 0 spiro atoms. The van der Waals surface area contributed by atoms with Crippen molar-refractivity contribution >= 4 is 11.9 Å². The summed E-state index contributed by atoms with van der Waals surface area (Å²) in [7, 11) is 1.27. The molecule has 1 aliphatic heterocycles. The quantitative estimate of drug-likeness (QED) is 0.780. The number of carbonyl (C=O) groups is 2. The SMILES string of the molecule is COC(=O)c1cccc(C2[C@@H]3CC[C@H]2CN(C(=O)C24CC(C2)C4)C3)c1F. The van der Waals surface area contributed by atoms with E-state index in [0.29, 0.717) is 11.5 Å². The van der Waals surface area contributed by atoms with Crippen LogP contribution in [0.5, 0.6) is 0 Å². The maximum absolute atomic E-state index is 15.0. The topological polar surface area (TPSA) is 46.6 Å². The molecular weight excluding hydrogens is 333 g/mol. The summed E-state index contributed by atoms with van der Waals surface area (Å²) in [6.45, 7) is 1.46. The van der Waals surface area contributed by atoms with Crippen molar-refractivity contribution in [2.45, 2.75) is 38.0 Å². The first kappa shape index (κ1) is 16.3. The van der Waals surface area contributed by atoms with Gasteiger partial charge in [0.25, 0.3) is 0 Å². The lowest BCUT2D eigenvalue weighted by molar-refractivity contribution is -0.179. The van der Waals surface area contributed by atoms with E-state index in [0.717, 1.165) is 51.1 Å². The molecular formula is C21H24FNO3. The van der Waals surface area contributed by atoms with Crippen LogP contribution in [0, 0.1) is 29.0 Å². The number of methoxy groups -OCH3 is 1. The minimum atomic E-state index is -0.632. The van der Waals surface area contributed by atoms with Crippen molar-refractivity contribution in [3.8, 4) is 0 Å². The van der Waals surface area contributed by atoms with Crippen LogP contribution in [0.4, 0.5) is 4.39 Å². The Morgan fingerprint density at radius 1 is 1.15 bits per heavy atom. The van der Waals surface area contributed by atoms with E-state index in [1.807, 2.05) is 0 Å². The molecule has 1 heterocycles. The molecule has 1 saturated heterocycles. The molecule has 4 aliphatic carbocycles. The number of ether oxygens (including phenoxy) is 1. The Morgan fingerprint density at radius 3 is 2.35 bits per heavy atom. The van der Waals surface area contributed by atoms with Crippen molar-refractivity contribution in [1.82, 2.24) is 4.90 Å². The second-order valence-electron chi connectivity index (χ2n) is 8.79. The number of likely N-dealkylation sites (tertiary alicyclic amines) is 1. The molecule has 1 amide bonds. The summed E-state index contributed by atoms with van der Waals surface area (Å²) in [5.74, 6) is 0.729. The number of halogens is 1. The monoisotopic (exact) mass is 357 g/mol. The molecule has 0 N–H and O–H groups in total. The summed E-state index contributed by atoms with van der Waals surface area (Å²) in [4.78, 5) is 26.8. The van der Waals surface area contributed by atoms with Gasteiger partial charge in [-0.2, -0.15) is 0 Å². The van der Waals surface area contributed by atoms with Crippen molar-refractivity contribution in [3.63, 3.8) is 0 Å². The fraction of sp³-hybridized carbons (Fsp3) is 0.619. The average molecular weight is 357 g/mol. The maximum atomic E-state index is 15.0. The Bertz CT molecular complexity index is 760. The van der Waals surface area contributed by atoms with E-state index in [4.69, 9.17) is 4.74 Å². The highest BCUT2D eigenvalue weighted by molar-refractivity contribution is 5.90. The fourth-order valence-electron chi connectivity index (χ4n) is 6.05. The molecule has 1 unspecified atom stereocenters. The van der Waals surface area contributed by atoms with E-state index >= 15 is 4.39 Å². The van der Waals surface area contributed by atoms with Gasteiger partial charge in [0, 0.05) is 13.1 Å². The van der Waals surface area contributed by atoms with E-state index in [-0.39, 0.29) is 28.7 Å². The summed E-state index contributed by atoms with van der Waals surface area (Å²) in [6.07, 6.45) is 5.29. The van der Waals surface area contributed by atoms with Crippen LogP contribution in [0.15, 0.2) is 18.2 Å². The first-order chi connectivity index (χ1) is 12.5. The van der Waals surface area contributed by atoms with Crippen LogP contribution in [-0.2, 0) is 9.53 Å². The zero-order valence-corrected chi connectivity index (χ0v) is 15.0. The number of esters is 1. The normalized spacial score (nSPS) is 36.9. The highest BCUT2D eigenvalue weighted by Crippen LogP contribution is 2.65. The molecule has 4 saturated carbocycles. The van der Waals surface area contributed by atoms with E-state index in [2.05, 4.69) is 4.90 Å². The van der Waals surface area contributed by atoms with Crippen molar-refractivity contribution in [3.05, 3.63) is 35.1 Å². The van der Waals surface area contributed by atoms with Crippen LogP contribution < -0.4 is 0 Å². The summed E-state index contributed by atoms with van der Waals surface area (Å²) < 4.78 is 19.7. The first-order valence-electron chi connectivity index (χ1n) is 9.68. The van der Waals surface area contributed by atoms with Crippen molar-refractivity contribution in [2.24, 2.45) is 23.2 Å². The van der Waals surface area contributed by atoms with Gasteiger partial charge in [0.2, 0.25) is 5.91 Å². The molecule has 5 aliphatic rings. The maximum Gasteiger partial charge on any atom is 0.340 e. The zero-order chi connectivity index (χ0) is 18.1. The number of amides is 1. The van der Waals surface area contributed by atoms with Gasteiger partial charge in [-0.15, -0.1) is 0 Å². The first-order valence-corrected chi connectivity index (χ1v) is 9.68. The fourth-order valence-corrected chi connectivity index (χ4v) is 6.05. The molecule has 26 heavy (non-hydrogen) atoms. The van der Waals surface area contributed by atoms with Gasteiger partial charge in [0.15, 0.2) is 0 Å². The van der Waals surface area contributed by atoms with Gasteiger partial charge in [-0.1, -0.05) is 12.1 Å². The second-order valence-corrected chi connectivity index (χ2v) is 8.79. The van der Waals surface area contributed by atoms with Crippen LogP contribution in [0.25, 0.3) is 0 Å². The lowest BCUT2D eigenvalue weighted by atomic mass is 9.44. The lowest BCUT2D eigenvalue weighted by Gasteiger charge is -2.61. The zero-order valence-electron chi connectivity index (χ0n) is 15.0. The summed E-state index contributed by atoms with van der Waals surface area (Å²) in [5, 5.41) is 0. The number of hydrogen-bond acceptors (Lipinski definition) is 3. The molecule has 1 aromatic carbocycles. The van der Waals surface area contributed by atoms with E-state index in [1.54, 1.807) is 12.1 Å². The predicted molar refractivity (Wildman–Crippen MR) is 93.0 cm³/mol. The Kier molecular flexibility index (Phi) is 3.47. The standard InChI is InChI=1S/C21H24FNO3/c1-26-19(24)16-4-2-3-15(18(16)22)17-13-5-6-14(17)11-23(10-13)20(25)21-7-12(8-21)9-21/h2-4,12-14,17H,5-11H2,1H3/t12?,13-,14+,17?,21?. The number of fused-ring (bicyclic) bond motifs is 2. The van der Waals surface area contributed by atoms with Gasteiger partial charge in [-0.3, -0.25) is 4.79 Å². The molecule has 5 fully saturated rings. The Labute approximate surface area is 152 Å². The van der Waals surface area contributed by atoms with Crippen molar-refractivity contribution < 1.29 is 18.7 Å². The van der Waals surface area contributed by atoms with E-state index in [1.165, 1.54) is 13.2 Å². The molecule has 0 radical (unpaired) electrons. The molecule has 4 nitrogen and oxygen atoms in total. The summed E-state index contributed by atoms with van der Waals surface area (Å²) in [6, 6.07) is 5.02. The smallest absolute Gasteiger partial charge is 0.340 e. The minimum absolute atomic E-state index is 0.0109. The van der Waals surface area contributed by atoms with Gasteiger partial charge in [-0.25, -0.2) is 9.18 Å². The molecule has 5 heteroatoms. The molecule has 1 aromatic rings. The Balaban J connectivity index is 1.39. The van der Waals surface area contributed by atoms with E-state index < -0.39 is 11.8 Å². The minimum Gasteiger partial charge on any atom is -0.465 e. The Hall–Kier alpha value is -1.91. The molecule has 3 atom stereocenters. The molecule has 6 rings (SSSR count). The van der Waals surface area contributed by atoms with Crippen LogP contribution in [0.1, 0.15) is 53.9 Å². The number of hydrogen-bond donors (Lipinski definition) is 0. The third-order valence-corrected chi connectivity index (χ3v) is 7.41. The van der Waals surface area contributed by atoms with Gasteiger partial charge in [-0.05, 0) is 67.4 Å². The van der Waals surface area contributed by atoms with Gasteiger partial charge in [0.05, 0.1) is 18.1 Å². The summed E-state index contributed by atoms with van der Waals surface area (Å²) in [5.41, 5.74) is 0.599. The van der Waals surface area contributed by atoms with Crippen LogP contribution >= 0.6 is 0 Å². The highest BCUT2D eigenvalue weighted by Gasteiger charge is 2.63.